The molecular weight excluding hydrogens is 112 g/mol. The average Bonchev–Trinajstić information content (AvgIpc) is 2.15. The standard InChI is InChI=1S/C7H16N2/c1-7(2)8-9-5-3-4-6-9/h7-8H,3-6H2,1-2H3. The molecule has 1 aliphatic heterocycles. The molecule has 1 aliphatic rings. The van der Waals surface area contributed by atoms with E-state index in [-0.39, 0.29) is 0 Å². The smallest absolute Gasteiger partial charge is 0.0158 e. The van der Waals surface area contributed by atoms with Crippen molar-refractivity contribution >= 4 is 0 Å². The lowest BCUT2D eigenvalue weighted by atomic mass is 10.4. The molecule has 0 aliphatic carbocycles. The summed E-state index contributed by atoms with van der Waals surface area (Å²) in [6.07, 6.45) is 2.72. The van der Waals surface area contributed by atoms with Crippen LogP contribution < -0.4 is 5.43 Å². The van der Waals surface area contributed by atoms with Crippen LogP contribution in [-0.2, 0) is 0 Å². The molecule has 2 heteroatoms. The maximum absolute atomic E-state index is 3.38. The van der Waals surface area contributed by atoms with Gasteiger partial charge in [0.2, 0.25) is 0 Å². The van der Waals surface area contributed by atoms with Crippen LogP contribution in [0, 0.1) is 0 Å². The quantitative estimate of drug-likeness (QED) is 0.596. The lowest BCUT2D eigenvalue weighted by molar-refractivity contribution is 0.210. The van der Waals surface area contributed by atoms with E-state index in [1.54, 1.807) is 0 Å². The largest absolute Gasteiger partial charge is 0.253 e. The molecule has 54 valence electrons. The summed E-state index contributed by atoms with van der Waals surface area (Å²) in [4.78, 5) is 0. The van der Waals surface area contributed by atoms with Gasteiger partial charge in [-0.15, -0.1) is 0 Å². The van der Waals surface area contributed by atoms with Crippen molar-refractivity contribution < 1.29 is 0 Å². The first-order valence-corrected chi connectivity index (χ1v) is 3.80. The summed E-state index contributed by atoms with van der Waals surface area (Å²) in [6.45, 7) is 6.83. The highest BCUT2D eigenvalue weighted by atomic mass is 15.5. The van der Waals surface area contributed by atoms with Crippen molar-refractivity contribution in [3.63, 3.8) is 0 Å². The van der Waals surface area contributed by atoms with E-state index in [1.807, 2.05) is 0 Å². The summed E-state index contributed by atoms with van der Waals surface area (Å²) in [7, 11) is 0. The first-order valence-electron chi connectivity index (χ1n) is 3.80. The summed E-state index contributed by atoms with van der Waals surface area (Å²) in [5, 5.41) is 2.31. The first-order chi connectivity index (χ1) is 4.29. The van der Waals surface area contributed by atoms with Crippen LogP contribution in [0.5, 0.6) is 0 Å². The average molecular weight is 128 g/mol. The van der Waals surface area contributed by atoms with Crippen molar-refractivity contribution in [2.24, 2.45) is 0 Å². The molecule has 0 aromatic carbocycles. The molecule has 0 unspecified atom stereocenters. The molecular formula is C7H16N2. The first kappa shape index (κ1) is 7.03. The number of hydrogen-bond acceptors (Lipinski definition) is 2. The molecule has 1 heterocycles. The molecule has 1 fully saturated rings. The molecule has 1 N–H and O–H groups in total. The summed E-state index contributed by atoms with van der Waals surface area (Å²) in [5.74, 6) is 0. The van der Waals surface area contributed by atoms with Crippen LogP contribution in [0.25, 0.3) is 0 Å². The van der Waals surface area contributed by atoms with E-state index >= 15 is 0 Å². The van der Waals surface area contributed by atoms with Crippen LogP contribution in [0.2, 0.25) is 0 Å². The molecule has 9 heavy (non-hydrogen) atoms. The molecule has 0 saturated carbocycles. The second-order valence-corrected chi connectivity index (χ2v) is 2.98. The molecule has 0 bridgehead atoms. The Morgan fingerprint density at radius 1 is 1.22 bits per heavy atom. The Hall–Kier alpha value is -0.0800. The highest BCUT2D eigenvalue weighted by molar-refractivity contribution is 4.62. The van der Waals surface area contributed by atoms with Gasteiger partial charge in [-0.1, -0.05) is 0 Å². The van der Waals surface area contributed by atoms with Gasteiger partial charge in [0.05, 0.1) is 0 Å². The van der Waals surface area contributed by atoms with Crippen LogP contribution in [-0.4, -0.2) is 24.1 Å². The molecule has 0 aromatic heterocycles. The van der Waals surface area contributed by atoms with E-state index in [0.29, 0.717) is 6.04 Å². The van der Waals surface area contributed by atoms with Crippen LogP contribution in [0.4, 0.5) is 0 Å². The van der Waals surface area contributed by atoms with Gasteiger partial charge < -0.3 is 0 Å². The predicted molar refractivity (Wildman–Crippen MR) is 39.1 cm³/mol. The van der Waals surface area contributed by atoms with E-state index < -0.39 is 0 Å². The molecule has 0 aromatic rings. The van der Waals surface area contributed by atoms with Crippen molar-refractivity contribution in [2.75, 3.05) is 13.1 Å². The normalized spacial score (nSPS) is 21.7. The van der Waals surface area contributed by atoms with Crippen LogP contribution in [0.15, 0.2) is 0 Å². The predicted octanol–water partition coefficient (Wildman–Crippen LogP) is 0.995. The van der Waals surface area contributed by atoms with Crippen molar-refractivity contribution in [3.05, 3.63) is 0 Å². The highest BCUT2D eigenvalue weighted by Gasteiger charge is 2.10. The van der Waals surface area contributed by atoms with Gasteiger partial charge in [0.1, 0.15) is 0 Å². The van der Waals surface area contributed by atoms with Crippen molar-refractivity contribution in [1.82, 2.24) is 10.4 Å². The van der Waals surface area contributed by atoms with Crippen LogP contribution in [0.3, 0.4) is 0 Å². The van der Waals surface area contributed by atoms with E-state index in [4.69, 9.17) is 0 Å². The Bertz CT molecular complexity index is 75.0. The minimum Gasteiger partial charge on any atom is -0.253 e. The fourth-order valence-electron chi connectivity index (χ4n) is 1.21. The molecule has 0 radical (unpaired) electrons. The van der Waals surface area contributed by atoms with Crippen molar-refractivity contribution in [2.45, 2.75) is 32.7 Å². The minimum absolute atomic E-state index is 0.600. The van der Waals surface area contributed by atoms with E-state index in [0.717, 1.165) is 0 Å². The molecule has 0 amide bonds. The van der Waals surface area contributed by atoms with E-state index in [1.165, 1.54) is 25.9 Å². The number of nitrogens with one attached hydrogen (secondary N) is 1. The van der Waals surface area contributed by atoms with Crippen molar-refractivity contribution in [1.29, 1.82) is 0 Å². The molecule has 1 saturated heterocycles. The van der Waals surface area contributed by atoms with Gasteiger partial charge in [-0.05, 0) is 26.7 Å². The Morgan fingerprint density at radius 2 is 1.78 bits per heavy atom. The van der Waals surface area contributed by atoms with Gasteiger partial charge >= 0.3 is 0 Å². The zero-order chi connectivity index (χ0) is 6.69. The highest BCUT2D eigenvalue weighted by Crippen LogP contribution is 2.03. The number of hydrazine groups is 1. The fraction of sp³-hybridized carbons (Fsp3) is 1.00. The lowest BCUT2D eigenvalue weighted by Crippen LogP contribution is -2.39. The maximum Gasteiger partial charge on any atom is 0.0158 e. The number of rotatable bonds is 2. The zero-order valence-electron chi connectivity index (χ0n) is 6.35. The lowest BCUT2D eigenvalue weighted by Gasteiger charge is -2.18. The summed E-state index contributed by atoms with van der Waals surface area (Å²) in [5.41, 5.74) is 3.38. The second-order valence-electron chi connectivity index (χ2n) is 2.98. The molecule has 2 nitrogen and oxygen atoms in total. The third kappa shape index (κ3) is 2.33. The summed E-state index contributed by atoms with van der Waals surface area (Å²) >= 11 is 0. The summed E-state index contributed by atoms with van der Waals surface area (Å²) in [6, 6.07) is 0.600. The van der Waals surface area contributed by atoms with Gasteiger partial charge in [-0.3, -0.25) is 5.43 Å². The second kappa shape index (κ2) is 3.18. The van der Waals surface area contributed by atoms with E-state index in [2.05, 4.69) is 24.3 Å². The van der Waals surface area contributed by atoms with Crippen molar-refractivity contribution in [3.8, 4) is 0 Å². The van der Waals surface area contributed by atoms with E-state index in [9.17, 15) is 0 Å². The Balaban J connectivity index is 2.11. The zero-order valence-corrected chi connectivity index (χ0v) is 6.35. The molecule has 1 rings (SSSR count). The fourth-order valence-corrected chi connectivity index (χ4v) is 1.21. The maximum atomic E-state index is 3.38. The summed E-state index contributed by atoms with van der Waals surface area (Å²) < 4.78 is 0. The molecule has 0 spiro atoms. The van der Waals surface area contributed by atoms with Gasteiger partial charge in [0.25, 0.3) is 0 Å². The Labute approximate surface area is 57.2 Å². The van der Waals surface area contributed by atoms with Gasteiger partial charge in [-0.25, -0.2) is 5.01 Å². The minimum atomic E-state index is 0.600. The third-order valence-corrected chi connectivity index (χ3v) is 1.55. The monoisotopic (exact) mass is 128 g/mol. The number of nitrogens with zero attached hydrogens (tertiary/aromatic N) is 1. The SMILES string of the molecule is CC(C)NN1CCCC1. The van der Waals surface area contributed by atoms with Gasteiger partial charge in [0.15, 0.2) is 0 Å². The van der Waals surface area contributed by atoms with Crippen LogP contribution >= 0.6 is 0 Å². The number of hydrogen-bond donors (Lipinski definition) is 1. The Morgan fingerprint density at radius 3 is 2.22 bits per heavy atom. The molecule has 0 atom stereocenters. The van der Waals surface area contributed by atoms with Gasteiger partial charge in [-0.2, -0.15) is 0 Å². The Kier molecular flexibility index (Phi) is 2.49. The topological polar surface area (TPSA) is 15.3 Å². The van der Waals surface area contributed by atoms with Crippen LogP contribution in [0.1, 0.15) is 26.7 Å². The van der Waals surface area contributed by atoms with Gasteiger partial charge in [0, 0.05) is 19.1 Å². The third-order valence-electron chi connectivity index (χ3n) is 1.55.